The van der Waals surface area contributed by atoms with Crippen LogP contribution in [0.4, 0.5) is 11.5 Å². The molecule has 120 valence electrons. The lowest BCUT2D eigenvalue weighted by atomic mass is 10.1. The Kier molecular flexibility index (Phi) is 4.94. The Bertz CT molecular complexity index is 702. The maximum Gasteiger partial charge on any atom is 0.311 e. The summed E-state index contributed by atoms with van der Waals surface area (Å²) in [5, 5.41) is 11.1. The van der Waals surface area contributed by atoms with E-state index in [1.165, 1.54) is 6.07 Å². The molecule has 2 heterocycles. The molecular weight excluding hydrogens is 409 g/mol. The van der Waals surface area contributed by atoms with Gasteiger partial charge in [-0.25, -0.2) is 4.98 Å². The normalized spacial score (nSPS) is 15.4. The Morgan fingerprint density at radius 2 is 1.96 bits per heavy atom. The number of halogens is 1. The number of hydrogen-bond donors (Lipinski definition) is 0. The van der Waals surface area contributed by atoms with E-state index in [0.717, 1.165) is 22.2 Å². The molecule has 0 amide bonds. The first-order valence-electron chi connectivity index (χ1n) is 7.40. The Morgan fingerprint density at radius 3 is 2.65 bits per heavy atom. The van der Waals surface area contributed by atoms with Crippen molar-refractivity contribution < 1.29 is 9.66 Å². The number of ether oxygens (including phenoxy) is 1. The van der Waals surface area contributed by atoms with Crippen LogP contribution in [-0.2, 0) is 0 Å². The predicted octanol–water partition coefficient (Wildman–Crippen LogP) is 3.64. The van der Waals surface area contributed by atoms with Crippen molar-refractivity contribution in [2.75, 3.05) is 18.0 Å². The first kappa shape index (κ1) is 16.0. The van der Waals surface area contributed by atoms with Gasteiger partial charge >= 0.3 is 5.69 Å². The van der Waals surface area contributed by atoms with Crippen LogP contribution in [0.1, 0.15) is 12.8 Å². The van der Waals surface area contributed by atoms with Gasteiger partial charge in [0.2, 0.25) is 5.82 Å². The zero-order valence-corrected chi connectivity index (χ0v) is 14.5. The highest BCUT2D eigenvalue weighted by atomic mass is 127. The second-order valence-corrected chi connectivity index (χ2v) is 6.50. The average Bonchev–Trinajstić information content (AvgIpc) is 2.58. The number of piperidine rings is 1. The van der Waals surface area contributed by atoms with Gasteiger partial charge in [-0.1, -0.05) is 12.1 Å². The summed E-state index contributed by atoms with van der Waals surface area (Å²) in [6.07, 6.45) is 3.36. The third kappa shape index (κ3) is 3.72. The van der Waals surface area contributed by atoms with Gasteiger partial charge in [-0.3, -0.25) is 10.1 Å². The molecule has 0 saturated carbocycles. The Hall–Kier alpha value is -1.90. The fraction of sp³-hybridized carbons (Fsp3) is 0.312. The lowest BCUT2D eigenvalue weighted by molar-refractivity contribution is -0.384. The van der Waals surface area contributed by atoms with Crippen LogP contribution in [0.2, 0.25) is 0 Å². The molecule has 1 aromatic heterocycles. The van der Waals surface area contributed by atoms with E-state index in [9.17, 15) is 10.1 Å². The molecule has 3 rings (SSSR count). The van der Waals surface area contributed by atoms with Crippen LogP contribution in [-0.4, -0.2) is 29.1 Å². The first-order valence-corrected chi connectivity index (χ1v) is 8.48. The largest absolute Gasteiger partial charge is 0.489 e. The topological polar surface area (TPSA) is 68.5 Å². The van der Waals surface area contributed by atoms with E-state index in [2.05, 4.69) is 27.6 Å². The van der Waals surface area contributed by atoms with Gasteiger partial charge in [0.1, 0.15) is 11.9 Å². The molecule has 0 bridgehead atoms. The van der Waals surface area contributed by atoms with Crippen LogP contribution in [0.5, 0.6) is 5.75 Å². The summed E-state index contributed by atoms with van der Waals surface area (Å²) in [5.74, 6) is 1.35. The minimum Gasteiger partial charge on any atom is -0.489 e. The zero-order valence-electron chi connectivity index (χ0n) is 12.4. The summed E-state index contributed by atoms with van der Waals surface area (Å²) < 4.78 is 7.15. The van der Waals surface area contributed by atoms with Gasteiger partial charge in [0.25, 0.3) is 0 Å². The van der Waals surface area contributed by atoms with Crippen LogP contribution in [0, 0.1) is 13.7 Å². The zero-order chi connectivity index (χ0) is 16.2. The molecule has 1 saturated heterocycles. The van der Waals surface area contributed by atoms with E-state index in [1.54, 1.807) is 12.3 Å². The van der Waals surface area contributed by atoms with Crippen molar-refractivity contribution in [2.24, 2.45) is 0 Å². The molecule has 0 aliphatic carbocycles. The summed E-state index contributed by atoms with van der Waals surface area (Å²) in [7, 11) is 0. The van der Waals surface area contributed by atoms with E-state index in [1.807, 2.05) is 29.2 Å². The minimum atomic E-state index is -0.378. The second kappa shape index (κ2) is 7.12. The Labute approximate surface area is 147 Å². The molecule has 0 radical (unpaired) electrons. The number of para-hydroxylation sites is 1. The lowest BCUT2D eigenvalue weighted by Gasteiger charge is -2.32. The predicted molar refractivity (Wildman–Crippen MR) is 95.9 cm³/mol. The molecule has 1 aliphatic heterocycles. The summed E-state index contributed by atoms with van der Waals surface area (Å²) in [4.78, 5) is 16.9. The van der Waals surface area contributed by atoms with Crippen molar-refractivity contribution in [2.45, 2.75) is 18.9 Å². The number of rotatable bonds is 4. The van der Waals surface area contributed by atoms with Crippen molar-refractivity contribution in [3.63, 3.8) is 0 Å². The number of pyridine rings is 1. The SMILES string of the molecule is O=[N+]([O-])c1cccnc1N1CCC(Oc2ccccc2I)CC1. The second-order valence-electron chi connectivity index (χ2n) is 5.34. The van der Waals surface area contributed by atoms with Crippen molar-refractivity contribution in [3.05, 3.63) is 56.3 Å². The standard InChI is InChI=1S/C16H16IN3O3/c17-13-4-1-2-6-15(13)23-12-7-10-19(11-8-12)16-14(20(21)22)5-3-9-18-16/h1-6,9,12H,7-8,10-11H2. The maximum absolute atomic E-state index is 11.1. The van der Waals surface area contributed by atoms with Gasteiger partial charge in [-0.05, 0) is 40.8 Å². The van der Waals surface area contributed by atoms with E-state index in [-0.39, 0.29) is 16.7 Å². The van der Waals surface area contributed by atoms with Crippen molar-refractivity contribution >= 4 is 34.1 Å². The molecule has 23 heavy (non-hydrogen) atoms. The molecule has 1 aromatic carbocycles. The minimum absolute atomic E-state index is 0.0597. The van der Waals surface area contributed by atoms with Gasteiger partial charge in [0, 0.05) is 38.2 Å². The lowest BCUT2D eigenvalue weighted by Crippen LogP contribution is -2.39. The number of anilines is 1. The fourth-order valence-electron chi connectivity index (χ4n) is 2.68. The Balaban J connectivity index is 1.65. The molecule has 0 N–H and O–H groups in total. The molecule has 0 atom stereocenters. The fourth-order valence-corrected chi connectivity index (χ4v) is 3.19. The summed E-state index contributed by atoms with van der Waals surface area (Å²) >= 11 is 2.26. The summed E-state index contributed by atoms with van der Waals surface area (Å²) in [6, 6.07) is 11.0. The summed E-state index contributed by atoms with van der Waals surface area (Å²) in [5.41, 5.74) is 0.0597. The molecule has 0 spiro atoms. The third-order valence-corrected chi connectivity index (χ3v) is 4.73. The van der Waals surface area contributed by atoms with Gasteiger partial charge in [-0.15, -0.1) is 0 Å². The molecular formula is C16H16IN3O3. The number of benzene rings is 1. The Morgan fingerprint density at radius 1 is 1.22 bits per heavy atom. The third-order valence-electron chi connectivity index (χ3n) is 3.83. The highest BCUT2D eigenvalue weighted by Gasteiger charge is 2.26. The number of nitro groups is 1. The van der Waals surface area contributed by atoms with E-state index in [0.29, 0.717) is 18.9 Å². The van der Waals surface area contributed by atoms with Crippen LogP contribution in [0.25, 0.3) is 0 Å². The monoisotopic (exact) mass is 425 g/mol. The van der Waals surface area contributed by atoms with Crippen LogP contribution < -0.4 is 9.64 Å². The highest BCUT2D eigenvalue weighted by molar-refractivity contribution is 14.1. The molecule has 2 aromatic rings. The number of aromatic nitrogens is 1. The van der Waals surface area contributed by atoms with Crippen molar-refractivity contribution in [3.8, 4) is 5.75 Å². The highest BCUT2D eigenvalue weighted by Crippen LogP contribution is 2.29. The summed E-state index contributed by atoms with van der Waals surface area (Å²) in [6.45, 7) is 1.40. The molecule has 0 unspecified atom stereocenters. The smallest absolute Gasteiger partial charge is 0.311 e. The molecule has 6 nitrogen and oxygen atoms in total. The van der Waals surface area contributed by atoms with E-state index < -0.39 is 0 Å². The molecule has 7 heteroatoms. The number of hydrogen-bond acceptors (Lipinski definition) is 5. The number of nitrogens with zero attached hydrogens (tertiary/aromatic N) is 3. The maximum atomic E-state index is 11.1. The average molecular weight is 425 g/mol. The molecule has 1 fully saturated rings. The first-order chi connectivity index (χ1) is 11.1. The van der Waals surface area contributed by atoms with Crippen LogP contribution >= 0.6 is 22.6 Å². The van der Waals surface area contributed by atoms with E-state index >= 15 is 0 Å². The van der Waals surface area contributed by atoms with Crippen molar-refractivity contribution in [1.29, 1.82) is 0 Å². The quantitative estimate of drug-likeness (QED) is 0.425. The van der Waals surface area contributed by atoms with Crippen LogP contribution in [0.3, 0.4) is 0 Å². The van der Waals surface area contributed by atoms with Gasteiger partial charge in [0.05, 0.1) is 8.49 Å². The molecule has 1 aliphatic rings. The van der Waals surface area contributed by atoms with Gasteiger partial charge in [0.15, 0.2) is 0 Å². The van der Waals surface area contributed by atoms with E-state index in [4.69, 9.17) is 4.74 Å². The van der Waals surface area contributed by atoms with Gasteiger partial charge < -0.3 is 9.64 Å². The van der Waals surface area contributed by atoms with Gasteiger partial charge in [-0.2, -0.15) is 0 Å². The van der Waals surface area contributed by atoms with Crippen molar-refractivity contribution in [1.82, 2.24) is 4.98 Å². The van der Waals surface area contributed by atoms with Crippen LogP contribution in [0.15, 0.2) is 42.6 Å².